The van der Waals surface area contributed by atoms with Crippen molar-refractivity contribution in [3.8, 4) is 5.75 Å². The zero-order valence-electron chi connectivity index (χ0n) is 18.7. The van der Waals surface area contributed by atoms with E-state index in [2.05, 4.69) is 40.1 Å². The second-order valence-electron chi connectivity index (χ2n) is 9.76. The van der Waals surface area contributed by atoms with Crippen molar-refractivity contribution in [1.29, 1.82) is 0 Å². The molecule has 2 heterocycles. The number of rotatable bonds is 3. The summed E-state index contributed by atoms with van der Waals surface area (Å²) in [6.07, 6.45) is 10.5. The van der Waals surface area contributed by atoms with Gasteiger partial charge in [-0.1, -0.05) is 13.0 Å². The van der Waals surface area contributed by atoms with Crippen molar-refractivity contribution in [2.75, 3.05) is 13.4 Å². The van der Waals surface area contributed by atoms with E-state index in [9.17, 15) is 4.79 Å². The Kier molecular flexibility index (Phi) is 4.61. The molecule has 0 aliphatic heterocycles. The molecule has 3 aromatic rings. The largest absolute Gasteiger partial charge is 0.497 e. The van der Waals surface area contributed by atoms with Crippen LogP contribution >= 0.6 is 11.8 Å². The number of carbonyl (C=O) groups is 1. The molecule has 3 aliphatic carbocycles. The summed E-state index contributed by atoms with van der Waals surface area (Å²) in [6.45, 7) is 2.22. The molecular weight excluding hydrogens is 420 g/mol. The standard InChI is InChI=1S/C25H28N4O2S/c1-25-9-8-17-16-7-5-15(31-2)10-14(16)4-6-18(17)19(25)11-20(22(25)30)29-13-28-21-23(29)26-12-27-24(21)32-3/h5,7,10,12-13,17-20H,4,6,8-9,11H2,1-3H3/t17-,18-,19+,20?,25+/m1/s1. The Labute approximate surface area is 192 Å². The number of fused-ring (bicyclic) bond motifs is 6. The monoisotopic (exact) mass is 448 g/mol. The predicted molar refractivity (Wildman–Crippen MR) is 124 cm³/mol. The summed E-state index contributed by atoms with van der Waals surface area (Å²) in [7, 11) is 1.73. The number of thioether (sulfide) groups is 1. The van der Waals surface area contributed by atoms with E-state index in [1.807, 2.05) is 17.2 Å². The lowest BCUT2D eigenvalue weighted by atomic mass is 9.55. The Hall–Kier alpha value is -2.41. The van der Waals surface area contributed by atoms with Gasteiger partial charge in [0.1, 0.15) is 22.6 Å². The zero-order chi connectivity index (χ0) is 22.0. The molecule has 6 nitrogen and oxygen atoms in total. The maximum Gasteiger partial charge on any atom is 0.165 e. The fourth-order valence-corrected chi connectivity index (χ4v) is 7.41. The maximum absolute atomic E-state index is 13.8. The van der Waals surface area contributed by atoms with Crippen LogP contribution in [0.2, 0.25) is 0 Å². The Balaban J connectivity index is 1.36. The van der Waals surface area contributed by atoms with Gasteiger partial charge in [0.25, 0.3) is 0 Å². The lowest BCUT2D eigenvalue weighted by Gasteiger charge is -2.48. The van der Waals surface area contributed by atoms with E-state index in [-0.39, 0.29) is 11.5 Å². The van der Waals surface area contributed by atoms with Gasteiger partial charge in [-0.15, -0.1) is 11.8 Å². The second-order valence-corrected chi connectivity index (χ2v) is 10.6. The van der Waals surface area contributed by atoms with Gasteiger partial charge in [0.15, 0.2) is 11.4 Å². The summed E-state index contributed by atoms with van der Waals surface area (Å²) < 4.78 is 7.48. The molecule has 2 saturated carbocycles. The number of nitrogens with zero attached hydrogens (tertiary/aromatic N) is 4. The van der Waals surface area contributed by atoms with E-state index >= 15 is 0 Å². The van der Waals surface area contributed by atoms with Crippen molar-refractivity contribution < 1.29 is 9.53 Å². The average molecular weight is 449 g/mol. The molecule has 1 aromatic carbocycles. The number of hydrogen-bond donors (Lipinski definition) is 0. The molecular formula is C25H28N4O2S. The highest BCUT2D eigenvalue weighted by atomic mass is 32.2. The predicted octanol–water partition coefficient (Wildman–Crippen LogP) is 4.83. The van der Waals surface area contributed by atoms with Gasteiger partial charge >= 0.3 is 0 Å². The highest BCUT2D eigenvalue weighted by molar-refractivity contribution is 7.98. The molecule has 0 N–H and O–H groups in total. The third-order valence-electron chi connectivity index (χ3n) is 8.52. The van der Waals surface area contributed by atoms with Crippen molar-refractivity contribution in [3.63, 3.8) is 0 Å². The molecule has 166 valence electrons. The smallest absolute Gasteiger partial charge is 0.165 e. The molecule has 32 heavy (non-hydrogen) atoms. The molecule has 0 radical (unpaired) electrons. The number of ketones is 1. The fourth-order valence-electron chi connectivity index (χ4n) is 6.92. The fraction of sp³-hybridized carbons (Fsp3) is 0.520. The van der Waals surface area contributed by atoms with Crippen LogP contribution in [0.3, 0.4) is 0 Å². The summed E-state index contributed by atoms with van der Waals surface area (Å²) in [4.78, 5) is 27.3. The molecule has 7 heteroatoms. The second kappa shape index (κ2) is 7.30. The third-order valence-corrected chi connectivity index (χ3v) is 9.21. The molecule has 3 aliphatic rings. The molecule has 6 rings (SSSR count). The summed E-state index contributed by atoms with van der Waals surface area (Å²) >= 11 is 1.56. The van der Waals surface area contributed by atoms with Crippen LogP contribution in [0.4, 0.5) is 0 Å². The minimum Gasteiger partial charge on any atom is -0.497 e. The first-order valence-electron chi connectivity index (χ1n) is 11.5. The first-order chi connectivity index (χ1) is 15.5. The number of methoxy groups -OCH3 is 1. The minimum atomic E-state index is -0.262. The normalized spacial score (nSPS) is 31.3. The van der Waals surface area contributed by atoms with Crippen molar-refractivity contribution >= 4 is 28.7 Å². The Morgan fingerprint density at radius 2 is 2.09 bits per heavy atom. The Morgan fingerprint density at radius 1 is 1.22 bits per heavy atom. The van der Waals surface area contributed by atoms with Crippen LogP contribution in [0.1, 0.15) is 55.7 Å². The van der Waals surface area contributed by atoms with E-state index in [4.69, 9.17) is 4.74 Å². The summed E-state index contributed by atoms with van der Waals surface area (Å²) in [5.41, 5.74) is 4.22. The molecule has 0 spiro atoms. The SMILES string of the molecule is COc1ccc2c(c1)CC[C@@H]1[C@@H]2CC[C@]2(C)C(=O)C(n3cnc4c(SC)ncnc43)C[C@@H]12. The molecule has 5 atom stereocenters. The van der Waals surface area contributed by atoms with Crippen molar-refractivity contribution in [3.05, 3.63) is 42.0 Å². The van der Waals surface area contributed by atoms with Crippen LogP contribution in [0.25, 0.3) is 11.2 Å². The molecule has 0 amide bonds. The quantitative estimate of drug-likeness (QED) is 0.422. The number of hydrogen-bond acceptors (Lipinski definition) is 6. The van der Waals surface area contributed by atoms with E-state index in [0.29, 0.717) is 23.5 Å². The third kappa shape index (κ3) is 2.73. The lowest BCUT2D eigenvalue weighted by Crippen LogP contribution is -2.42. The van der Waals surface area contributed by atoms with Crippen LogP contribution in [0, 0.1) is 17.3 Å². The van der Waals surface area contributed by atoms with Gasteiger partial charge in [0.05, 0.1) is 19.5 Å². The van der Waals surface area contributed by atoms with Gasteiger partial charge in [0, 0.05) is 5.41 Å². The molecule has 2 aromatic heterocycles. The number of imidazole rings is 1. The zero-order valence-corrected chi connectivity index (χ0v) is 19.6. The number of benzene rings is 1. The summed E-state index contributed by atoms with van der Waals surface area (Å²) in [5.74, 6) is 2.80. The van der Waals surface area contributed by atoms with E-state index < -0.39 is 0 Å². The Morgan fingerprint density at radius 3 is 2.91 bits per heavy atom. The van der Waals surface area contributed by atoms with Crippen molar-refractivity contribution in [2.24, 2.45) is 17.3 Å². The number of aromatic nitrogens is 4. The Bertz CT molecular complexity index is 1220. The van der Waals surface area contributed by atoms with Gasteiger partial charge < -0.3 is 9.30 Å². The van der Waals surface area contributed by atoms with Crippen LogP contribution in [-0.4, -0.2) is 38.7 Å². The first kappa shape index (κ1) is 20.2. The van der Waals surface area contributed by atoms with Crippen LogP contribution < -0.4 is 4.74 Å². The highest BCUT2D eigenvalue weighted by Gasteiger charge is 2.58. The van der Waals surface area contributed by atoms with E-state index in [1.165, 1.54) is 11.1 Å². The van der Waals surface area contributed by atoms with Crippen LogP contribution in [0.15, 0.2) is 35.9 Å². The molecule has 2 fully saturated rings. The first-order valence-corrected chi connectivity index (χ1v) is 12.7. The lowest BCUT2D eigenvalue weighted by molar-refractivity contribution is -0.131. The molecule has 0 saturated heterocycles. The van der Waals surface area contributed by atoms with E-state index in [1.54, 1.807) is 25.2 Å². The van der Waals surface area contributed by atoms with Crippen molar-refractivity contribution in [1.82, 2.24) is 19.5 Å². The van der Waals surface area contributed by atoms with Gasteiger partial charge in [-0.25, -0.2) is 15.0 Å². The van der Waals surface area contributed by atoms with Crippen molar-refractivity contribution in [2.45, 2.75) is 56.0 Å². The van der Waals surface area contributed by atoms with E-state index in [0.717, 1.165) is 54.0 Å². The summed E-state index contributed by atoms with van der Waals surface area (Å²) in [5, 5.41) is 0.863. The number of ether oxygens (including phenoxy) is 1. The highest BCUT2D eigenvalue weighted by Crippen LogP contribution is 2.61. The number of aryl methyl sites for hydroxylation is 1. The average Bonchev–Trinajstić information content (AvgIpc) is 3.37. The van der Waals surface area contributed by atoms with Gasteiger partial charge in [-0.05, 0) is 79.4 Å². The van der Waals surface area contributed by atoms with Gasteiger partial charge in [-0.3, -0.25) is 4.79 Å². The van der Waals surface area contributed by atoms with Crippen LogP contribution in [0.5, 0.6) is 5.75 Å². The molecule has 1 unspecified atom stereocenters. The van der Waals surface area contributed by atoms with Gasteiger partial charge in [-0.2, -0.15) is 0 Å². The minimum absolute atomic E-state index is 0.185. The topological polar surface area (TPSA) is 69.9 Å². The number of Topliss-reactive ketones (excluding diaryl/α,β-unsaturated/α-hetero) is 1. The molecule has 0 bridgehead atoms. The summed E-state index contributed by atoms with van der Waals surface area (Å²) in [6, 6.07) is 6.39. The maximum atomic E-state index is 13.8. The van der Waals surface area contributed by atoms with Crippen LogP contribution in [-0.2, 0) is 11.2 Å². The van der Waals surface area contributed by atoms with Gasteiger partial charge in [0.2, 0.25) is 0 Å². The number of carbonyl (C=O) groups excluding carboxylic acids is 1.